The van der Waals surface area contributed by atoms with Crippen molar-refractivity contribution in [2.45, 2.75) is 32.4 Å². The summed E-state index contributed by atoms with van der Waals surface area (Å²) in [5.41, 5.74) is -2.83. The summed E-state index contributed by atoms with van der Waals surface area (Å²) in [5, 5.41) is 48.8. The van der Waals surface area contributed by atoms with Crippen LogP contribution in [0.5, 0.6) is 5.88 Å². The number of amides is 4. The van der Waals surface area contributed by atoms with Crippen LogP contribution >= 0.6 is 24.1 Å². The second-order valence-electron chi connectivity index (χ2n) is 11.5. The number of hydrazone groups is 1. The van der Waals surface area contributed by atoms with E-state index in [4.69, 9.17) is 10.5 Å². The van der Waals surface area contributed by atoms with Crippen molar-refractivity contribution in [2.75, 3.05) is 25.6 Å². The Hall–Kier alpha value is -5.50. The number of nitrogens with one attached hydrogen (secondary N) is 2. The molecule has 0 bridgehead atoms. The van der Waals surface area contributed by atoms with Gasteiger partial charge in [0.15, 0.2) is 11.4 Å². The number of rotatable bonds is 16. The van der Waals surface area contributed by atoms with Crippen LogP contribution in [0.15, 0.2) is 90.6 Å². The lowest BCUT2D eigenvalue weighted by Crippen LogP contribution is -2.29. The van der Waals surface area contributed by atoms with Crippen LogP contribution in [-0.2, 0) is 53.4 Å². The lowest BCUT2D eigenvalue weighted by Gasteiger charge is -2.17. The van der Waals surface area contributed by atoms with Gasteiger partial charge in [-0.15, -0.1) is 8.67 Å². The molecule has 2 aliphatic rings. The number of carbonyl (C=O) groups excluding carboxylic acids is 4. The van der Waals surface area contributed by atoms with Gasteiger partial charge >= 0.3 is 0 Å². The Labute approximate surface area is 341 Å². The Morgan fingerprint density at radius 1 is 0.881 bits per heavy atom. The third-order valence-electron chi connectivity index (χ3n) is 8.08. The van der Waals surface area contributed by atoms with E-state index in [1.807, 2.05) is 0 Å². The zero-order chi connectivity index (χ0) is 43.2. The lowest BCUT2D eigenvalue weighted by molar-refractivity contribution is -0.432. The summed E-state index contributed by atoms with van der Waals surface area (Å²) in [6.07, 6.45) is 5.13. The monoisotopic (exact) mass is 899 g/mol. The predicted molar refractivity (Wildman–Crippen MR) is 201 cm³/mol. The summed E-state index contributed by atoms with van der Waals surface area (Å²) >= 11 is 0.775. The molecule has 2 aliphatic heterocycles. The van der Waals surface area contributed by atoms with E-state index in [1.54, 1.807) is 0 Å². The zero-order valence-corrected chi connectivity index (χ0v) is 33.2. The fraction of sp³-hybridized carbons (Fsp3) is 0.161. The molecule has 2 aromatic carbocycles. The first-order chi connectivity index (χ1) is 27.9. The molecule has 0 aliphatic carbocycles. The molecule has 24 nitrogen and oxygen atoms in total. The number of aromatic hydroxyl groups is 1. The normalized spacial score (nSPS) is 15.8. The molecular weight excluding hydrogens is 871 g/mol. The van der Waals surface area contributed by atoms with Crippen LogP contribution in [0.1, 0.15) is 28.9 Å². The smallest absolute Gasteiger partial charge is 0.296 e. The Morgan fingerprint density at radius 2 is 1.46 bits per heavy atom. The van der Waals surface area contributed by atoms with Gasteiger partial charge in [0, 0.05) is 42.5 Å². The number of anilines is 1. The molecule has 5 rings (SSSR count). The number of carbonyl (C=O) groups is 4. The number of aromatic nitrogens is 2. The van der Waals surface area contributed by atoms with Crippen molar-refractivity contribution >= 4 is 85.4 Å². The minimum Gasteiger partial charge on any atom is -0.493 e. The minimum atomic E-state index is -5.01. The molecule has 7 N–H and O–H groups in total. The van der Waals surface area contributed by atoms with E-state index in [-0.39, 0.29) is 34.0 Å². The molecule has 0 atom stereocenters. The Balaban J connectivity index is 1.66. The molecule has 0 unspecified atom stereocenters. The van der Waals surface area contributed by atoms with E-state index in [2.05, 4.69) is 39.6 Å². The maximum Gasteiger partial charge on any atom is 0.296 e. The molecule has 1 fully saturated rings. The van der Waals surface area contributed by atoms with Crippen molar-refractivity contribution in [1.29, 1.82) is 0 Å². The van der Waals surface area contributed by atoms with Crippen molar-refractivity contribution in [2.24, 2.45) is 5.10 Å². The van der Waals surface area contributed by atoms with Crippen LogP contribution < -0.4 is 15.6 Å². The van der Waals surface area contributed by atoms with Crippen molar-refractivity contribution in [3.05, 3.63) is 77.2 Å². The molecule has 0 saturated carbocycles. The van der Waals surface area contributed by atoms with Gasteiger partial charge in [0.05, 0.1) is 46.6 Å². The highest BCUT2D eigenvalue weighted by molar-refractivity contribution is 7.94. The summed E-state index contributed by atoms with van der Waals surface area (Å²) < 4.78 is 78.4. The summed E-state index contributed by atoms with van der Waals surface area (Å²) in [5.74, 6) is -4.13. The lowest BCUT2D eigenvalue weighted by atomic mass is 10.1. The van der Waals surface area contributed by atoms with Gasteiger partial charge in [-0.2, -0.15) is 36.7 Å². The third kappa shape index (κ3) is 9.86. The molecular formula is C31H29N7O17S4. The standard InChI is InChI=1S/C31H29N7O17S4/c1-32-28(40)26-19(30(42)37(34-26)21-14-17(56-54-52-44)7-11-23(21)58(46,47)48)9-5-16(36-13-3-4-25(36)39)6-10-20-27(29(41)33-2)35-38(31(20)43)22-15-18(57-55-53-45)8-12-24(22)59(49,50)51/h5-12,14-15,42,44-45H,3-4,13H2,1-2H3,(H,32,40)(H,33,41)(H,46,47,48)(H,49,50,51)/b9-5+,16-6+,20-10-. The topological polar surface area (TPSA) is 335 Å². The minimum absolute atomic E-state index is 0.00821. The molecule has 0 spiro atoms. The van der Waals surface area contributed by atoms with Crippen molar-refractivity contribution in [3.8, 4) is 11.6 Å². The molecule has 3 aromatic rings. The molecule has 1 aromatic heterocycles. The largest absolute Gasteiger partial charge is 0.493 e. The molecule has 0 radical (unpaired) electrons. The highest BCUT2D eigenvalue weighted by Crippen LogP contribution is 2.36. The van der Waals surface area contributed by atoms with Crippen LogP contribution in [-0.4, -0.2) is 106 Å². The molecule has 4 amide bonds. The highest BCUT2D eigenvalue weighted by Gasteiger charge is 2.37. The van der Waals surface area contributed by atoms with Gasteiger partial charge in [0.25, 0.3) is 38.0 Å². The van der Waals surface area contributed by atoms with E-state index in [0.717, 1.165) is 48.6 Å². The van der Waals surface area contributed by atoms with Crippen molar-refractivity contribution in [1.82, 2.24) is 25.3 Å². The van der Waals surface area contributed by atoms with Crippen LogP contribution in [0.4, 0.5) is 5.69 Å². The highest BCUT2D eigenvalue weighted by atomic mass is 32.2. The second kappa shape index (κ2) is 18.6. The predicted octanol–water partition coefficient (Wildman–Crippen LogP) is 1.88. The van der Waals surface area contributed by atoms with Gasteiger partial charge < -0.3 is 20.6 Å². The molecule has 28 heteroatoms. The first kappa shape index (κ1) is 44.6. The van der Waals surface area contributed by atoms with Gasteiger partial charge in [-0.3, -0.25) is 28.3 Å². The van der Waals surface area contributed by atoms with Crippen LogP contribution in [0.2, 0.25) is 0 Å². The maximum atomic E-state index is 13.9. The Morgan fingerprint density at radius 3 is 1.98 bits per heavy atom. The summed E-state index contributed by atoms with van der Waals surface area (Å²) in [7, 11) is -7.55. The number of nitrogens with zero attached hydrogens (tertiary/aromatic N) is 5. The van der Waals surface area contributed by atoms with Gasteiger partial charge in [0.1, 0.15) is 9.79 Å². The third-order valence-corrected chi connectivity index (χ3v) is 11.0. The Kier molecular flexibility index (Phi) is 14.1. The number of hydrogen-bond acceptors (Lipinski definition) is 19. The maximum absolute atomic E-state index is 13.9. The van der Waals surface area contributed by atoms with Gasteiger partial charge in [-0.1, -0.05) is 10.1 Å². The van der Waals surface area contributed by atoms with Crippen molar-refractivity contribution < 1.29 is 79.5 Å². The van der Waals surface area contributed by atoms with E-state index in [1.165, 1.54) is 31.1 Å². The molecule has 59 heavy (non-hydrogen) atoms. The summed E-state index contributed by atoms with van der Waals surface area (Å²) in [6.45, 7) is 0.145. The first-order valence-corrected chi connectivity index (χ1v) is 20.4. The van der Waals surface area contributed by atoms with Gasteiger partial charge in [-0.25, -0.2) is 10.5 Å². The average molecular weight is 900 g/mol. The number of hydrogen-bond donors (Lipinski definition) is 7. The average Bonchev–Trinajstić information content (AvgIpc) is 3.88. The molecule has 314 valence electrons. The van der Waals surface area contributed by atoms with E-state index in [9.17, 15) is 50.2 Å². The van der Waals surface area contributed by atoms with E-state index in [0.29, 0.717) is 40.2 Å². The first-order valence-electron chi connectivity index (χ1n) is 16.1. The summed E-state index contributed by atoms with van der Waals surface area (Å²) in [4.78, 5) is 52.7. The molecule has 1 saturated heterocycles. The second-order valence-corrected chi connectivity index (χ2v) is 15.9. The summed E-state index contributed by atoms with van der Waals surface area (Å²) in [6, 6.07) is 6.17. The van der Waals surface area contributed by atoms with Crippen LogP contribution in [0.25, 0.3) is 11.8 Å². The van der Waals surface area contributed by atoms with Crippen LogP contribution in [0, 0.1) is 0 Å². The Bertz CT molecular complexity index is 2550. The fourth-order valence-corrected chi connectivity index (χ4v) is 7.60. The number of likely N-dealkylation sites (tertiary alicyclic amines) is 1. The molecule has 3 heterocycles. The van der Waals surface area contributed by atoms with Gasteiger partial charge in [-0.05, 0) is 67.1 Å². The SMILES string of the molecule is CNC(=O)C1=NN(c2cc(SOOO)ccc2S(=O)(=O)O)C(=O)\C1=C/C=C(\C=C\c1c(C(=O)NC)nn(-c2cc(SOOO)ccc2S(=O)(=O)O)c1O)N1CCCC1=O. The zero-order valence-electron chi connectivity index (χ0n) is 29.9. The number of allylic oxidation sites excluding steroid dienone is 3. The van der Waals surface area contributed by atoms with E-state index >= 15 is 0 Å². The van der Waals surface area contributed by atoms with Crippen molar-refractivity contribution in [3.63, 3.8) is 0 Å². The quantitative estimate of drug-likeness (QED) is 0.0269. The van der Waals surface area contributed by atoms with Gasteiger partial charge in [0.2, 0.25) is 11.8 Å². The fourth-order valence-electron chi connectivity index (χ4n) is 5.51. The van der Waals surface area contributed by atoms with E-state index < -0.39 is 87.9 Å². The van der Waals surface area contributed by atoms with Crippen LogP contribution in [0.3, 0.4) is 0 Å². The number of benzene rings is 2.